The van der Waals surface area contributed by atoms with Crippen LogP contribution in [-0.2, 0) is 35.0 Å². The molecule has 1 nitrogen and oxygen atoms in total. The van der Waals surface area contributed by atoms with E-state index in [1.807, 2.05) is 18.9 Å². The summed E-state index contributed by atoms with van der Waals surface area (Å²) in [6, 6.07) is 0. The van der Waals surface area contributed by atoms with Gasteiger partial charge >= 0.3 is 22.4 Å². The summed E-state index contributed by atoms with van der Waals surface area (Å²) in [5, 5.41) is 0. The van der Waals surface area contributed by atoms with E-state index in [4.69, 9.17) is 0 Å². The van der Waals surface area contributed by atoms with E-state index in [0.717, 1.165) is 6.54 Å². The van der Waals surface area contributed by atoms with Crippen molar-refractivity contribution in [1.82, 2.24) is 4.90 Å². The maximum Gasteiger partial charge on any atom is 1.00 e. The minimum atomic E-state index is 0. The quantitative estimate of drug-likeness (QED) is 0.291. The van der Waals surface area contributed by atoms with Crippen LogP contribution >= 0.6 is 20.1 Å². The Hall–Kier alpha value is 1.28. The van der Waals surface area contributed by atoms with E-state index in [1.165, 1.54) is 6.16 Å². The number of hydrogen-bond acceptors (Lipinski definition) is 2. The standard InChI is InChI=1S/C4H9NS2.C4H11P.Au/c1-3-5(2)4(6)7;1-4-5(2)3;/h3H2,1-2H3,(H,6,7);4H2,1-3H3;/q;;+1. The minimum absolute atomic E-state index is 0. The third-order valence-corrected chi connectivity index (χ3v) is 3.53. The molecule has 0 bridgehead atoms. The van der Waals surface area contributed by atoms with E-state index in [2.05, 4.69) is 45.1 Å². The second-order valence-corrected chi connectivity index (χ2v) is 6.99. The molecule has 0 aromatic heterocycles. The van der Waals surface area contributed by atoms with Gasteiger partial charge in [-0.05, 0) is 21.8 Å². The molecule has 0 radical (unpaired) electrons. The van der Waals surface area contributed by atoms with Crippen LogP contribution in [0.1, 0.15) is 13.8 Å². The van der Waals surface area contributed by atoms with E-state index in [0.29, 0.717) is 4.32 Å². The molecule has 84 valence electrons. The summed E-state index contributed by atoms with van der Waals surface area (Å²) >= 11 is 9.32. The molecule has 0 amide bonds. The van der Waals surface area contributed by atoms with Crippen molar-refractivity contribution >= 4 is 37.1 Å². The molecular formula is C8H20AuNPS2+. The van der Waals surface area contributed by atoms with Crippen LogP contribution in [0.15, 0.2) is 0 Å². The number of nitrogens with zero attached hydrogens (tertiary/aromatic N) is 1. The molecular weight excluding hydrogens is 402 g/mol. The topological polar surface area (TPSA) is 3.24 Å². The van der Waals surface area contributed by atoms with Gasteiger partial charge in [0.1, 0.15) is 0 Å². The van der Waals surface area contributed by atoms with Crippen LogP contribution in [-0.4, -0.2) is 42.3 Å². The molecule has 0 spiro atoms. The molecule has 0 aromatic carbocycles. The first kappa shape index (κ1) is 19.8. The number of hydrogen-bond donors (Lipinski definition) is 0. The molecule has 0 rings (SSSR count). The third kappa shape index (κ3) is 19.6. The molecule has 0 atom stereocenters. The van der Waals surface area contributed by atoms with Crippen LogP contribution in [0.3, 0.4) is 0 Å². The van der Waals surface area contributed by atoms with E-state index in [9.17, 15) is 0 Å². The predicted molar refractivity (Wildman–Crippen MR) is 69.0 cm³/mol. The van der Waals surface area contributed by atoms with Gasteiger partial charge in [-0.1, -0.05) is 4.32 Å². The van der Waals surface area contributed by atoms with Gasteiger partial charge in [-0.25, -0.2) is 0 Å². The van der Waals surface area contributed by atoms with Crippen molar-refractivity contribution in [1.29, 1.82) is 0 Å². The molecule has 0 saturated heterocycles. The molecule has 0 aliphatic carbocycles. The maximum atomic E-state index is 4.66. The molecule has 0 fully saturated rings. The molecule has 0 aliphatic rings. The summed E-state index contributed by atoms with van der Waals surface area (Å²) in [4.78, 5) is 1.84. The van der Waals surface area contributed by atoms with Crippen LogP contribution in [0.5, 0.6) is 0 Å². The summed E-state index contributed by atoms with van der Waals surface area (Å²) < 4.78 is 0.544. The van der Waals surface area contributed by atoms with Gasteiger partial charge in [-0.2, -0.15) is 0 Å². The summed E-state index contributed by atoms with van der Waals surface area (Å²) in [6.07, 6.45) is 1.41. The van der Waals surface area contributed by atoms with Crippen molar-refractivity contribution in [3.8, 4) is 0 Å². The fourth-order valence-electron chi connectivity index (χ4n) is 0.129. The first-order chi connectivity index (χ1) is 5.45. The van der Waals surface area contributed by atoms with Gasteiger partial charge in [0, 0.05) is 26.9 Å². The van der Waals surface area contributed by atoms with Crippen molar-refractivity contribution in [2.24, 2.45) is 0 Å². The Kier molecular flexibility index (Phi) is 20.2. The summed E-state index contributed by atoms with van der Waals surface area (Å²) in [6.45, 7) is 9.81. The van der Waals surface area contributed by atoms with Gasteiger partial charge in [-0.3, -0.25) is 0 Å². The first-order valence-corrected chi connectivity index (χ1v) is 7.69. The van der Waals surface area contributed by atoms with Gasteiger partial charge < -0.3 is 29.7 Å². The van der Waals surface area contributed by atoms with Crippen LogP contribution in [0, 0.1) is 0 Å². The fourth-order valence-corrected chi connectivity index (χ4v) is 0.387. The Balaban J connectivity index is -0.000000150. The fraction of sp³-hybridized carbons (Fsp3) is 0.875. The van der Waals surface area contributed by atoms with E-state index >= 15 is 0 Å². The Bertz CT molecular complexity index is 123. The summed E-state index contributed by atoms with van der Waals surface area (Å²) in [5.41, 5.74) is 0. The first-order valence-electron chi connectivity index (χ1n) is 4.16. The van der Waals surface area contributed by atoms with Crippen LogP contribution in [0.4, 0.5) is 0 Å². The Morgan fingerprint density at radius 2 is 1.69 bits per heavy atom. The largest absolute Gasteiger partial charge is 1.00 e. The van der Waals surface area contributed by atoms with Crippen molar-refractivity contribution in [2.75, 3.05) is 33.1 Å². The van der Waals surface area contributed by atoms with Gasteiger partial charge in [0.2, 0.25) is 0 Å². The molecule has 0 saturated carbocycles. The zero-order chi connectivity index (χ0) is 10.1. The van der Waals surface area contributed by atoms with Gasteiger partial charge in [0.25, 0.3) is 0 Å². The van der Waals surface area contributed by atoms with Crippen LogP contribution in [0.2, 0.25) is 0 Å². The van der Waals surface area contributed by atoms with E-state index in [1.54, 1.807) is 0 Å². The SMILES string of the molecule is CCN(C)C(=S)[S-].CC[PH+](C)C.[Au+]. The summed E-state index contributed by atoms with van der Waals surface area (Å²) in [7, 11) is 2.01. The molecule has 0 unspecified atom stereocenters. The van der Waals surface area contributed by atoms with E-state index < -0.39 is 0 Å². The normalized spacial score (nSPS) is 8.15. The average molecular weight is 422 g/mol. The maximum absolute atomic E-state index is 4.66. The van der Waals surface area contributed by atoms with Crippen LogP contribution < -0.4 is 0 Å². The van der Waals surface area contributed by atoms with Crippen molar-refractivity contribution < 1.29 is 22.4 Å². The molecule has 0 heterocycles. The molecule has 13 heavy (non-hydrogen) atoms. The third-order valence-electron chi connectivity index (χ3n) is 1.49. The zero-order valence-corrected chi connectivity index (χ0v) is 13.8. The minimum Gasteiger partial charge on any atom is -0.411 e. The second kappa shape index (κ2) is 13.3. The van der Waals surface area contributed by atoms with Gasteiger partial charge in [0.15, 0.2) is 0 Å². The Labute approximate surface area is 111 Å². The second-order valence-electron chi connectivity index (χ2n) is 2.84. The smallest absolute Gasteiger partial charge is 0.411 e. The molecule has 5 heteroatoms. The Morgan fingerprint density at radius 1 is 1.38 bits per heavy atom. The molecule has 0 aromatic rings. The average Bonchev–Trinajstić information content (AvgIpc) is 2.04. The number of thiocarbonyl (C=S) groups is 1. The van der Waals surface area contributed by atoms with Crippen LogP contribution in [0.25, 0.3) is 0 Å². The molecule has 0 N–H and O–H groups in total. The van der Waals surface area contributed by atoms with Crippen molar-refractivity contribution in [3.05, 3.63) is 0 Å². The predicted octanol–water partition coefficient (Wildman–Crippen LogP) is 2.25. The monoisotopic (exact) mass is 422 g/mol. The van der Waals surface area contributed by atoms with Gasteiger partial charge in [-0.15, -0.1) is 0 Å². The van der Waals surface area contributed by atoms with Crippen molar-refractivity contribution in [2.45, 2.75) is 13.8 Å². The van der Waals surface area contributed by atoms with E-state index in [-0.39, 0.29) is 30.3 Å². The van der Waals surface area contributed by atoms with Gasteiger partial charge in [0.05, 0.1) is 6.16 Å². The van der Waals surface area contributed by atoms with Crippen molar-refractivity contribution in [3.63, 3.8) is 0 Å². The molecule has 0 aliphatic heterocycles. The Morgan fingerprint density at radius 3 is 1.69 bits per heavy atom. The zero-order valence-electron chi connectivity index (χ0n) is 8.98. The summed E-state index contributed by atoms with van der Waals surface area (Å²) in [5.74, 6) is 0. The number of rotatable bonds is 2.